The smallest absolute Gasteiger partial charge is 0.411 e. The van der Waals surface area contributed by atoms with E-state index in [9.17, 15) is 9.18 Å². The van der Waals surface area contributed by atoms with E-state index < -0.39 is 11.9 Å². The zero-order valence-corrected chi connectivity index (χ0v) is 23.1. The molecule has 2 aliphatic rings. The van der Waals surface area contributed by atoms with Gasteiger partial charge >= 0.3 is 6.09 Å². The lowest BCUT2D eigenvalue weighted by atomic mass is 9.99. The minimum absolute atomic E-state index is 0. The molecule has 4 N–H and O–H groups in total. The van der Waals surface area contributed by atoms with Crippen LogP contribution >= 0.6 is 12.4 Å². The molecule has 12 heteroatoms. The lowest BCUT2D eigenvalue weighted by molar-refractivity contribution is 0.151. The van der Waals surface area contributed by atoms with E-state index in [2.05, 4.69) is 30.5 Å². The van der Waals surface area contributed by atoms with Gasteiger partial charge in [-0.05, 0) is 48.7 Å². The molecule has 4 heterocycles. The van der Waals surface area contributed by atoms with Crippen LogP contribution in [0.3, 0.4) is 0 Å². The molecule has 2 aliphatic heterocycles. The Morgan fingerprint density at radius 3 is 2.88 bits per heavy atom. The molecule has 41 heavy (non-hydrogen) atoms. The second kappa shape index (κ2) is 11.9. The molecule has 212 valence electrons. The number of amides is 1. The molecule has 4 aromatic rings. The minimum Gasteiger partial charge on any atom is -0.496 e. The fourth-order valence-corrected chi connectivity index (χ4v) is 5.09. The molecular formula is C29H29ClFN7O3. The van der Waals surface area contributed by atoms with Gasteiger partial charge < -0.3 is 25.4 Å². The Morgan fingerprint density at radius 1 is 1.17 bits per heavy atom. The van der Waals surface area contributed by atoms with Gasteiger partial charge in [0.1, 0.15) is 29.8 Å². The maximum absolute atomic E-state index is 14.7. The summed E-state index contributed by atoms with van der Waals surface area (Å²) in [5.41, 5.74) is 11.0. The van der Waals surface area contributed by atoms with E-state index in [0.29, 0.717) is 23.9 Å². The van der Waals surface area contributed by atoms with Crippen LogP contribution in [-0.4, -0.2) is 47.3 Å². The number of carbonyl (C=O) groups is 1. The highest BCUT2D eigenvalue weighted by Gasteiger charge is 2.23. The molecule has 1 fully saturated rings. The number of carbonyl (C=O) groups excluding carboxylic acids is 1. The molecule has 0 spiro atoms. The molecule has 0 aliphatic carbocycles. The number of nitrogens with one attached hydrogen (secondary N) is 2. The number of benzene rings is 2. The molecule has 2 aromatic carbocycles. The van der Waals surface area contributed by atoms with E-state index in [1.165, 1.54) is 13.2 Å². The summed E-state index contributed by atoms with van der Waals surface area (Å²) in [6.45, 7) is 1.78. The number of halogens is 2. The molecule has 0 saturated carbocycles. The van der Waals surface area contributed by atoms with Crippen molar-refractivity contribution in [2.45, 2.75) is 25.5 Å². The van der Waals surface area contributed by atoms with Crippen molar-refractivity contribution < 1.29 is 18.7 Å². The lowest BCUT2D eigenvalue weighted by Crippen LogP contribution is -2.43. The first-order valence-corrected chi connectivity index (χ1v) is 13.0. The molecular weight excluding hydrogens is 549 g/mol. The Morgan fingerprint density at radius 2 is 2.05 bits per heavy atom. The van der Waals surface area contributed by atoms with Crippen LogP contribution in [0.2, 0.25) is 0 Å². The zero-order chi connectivity index (χ0) is 27.6. The van der Waals surface area contributed by atoms with Crippen LogP contribution in [-0.2, 0) is 11.3 Å². The van der Waals surface area contributed by atoms with Crippen molar-refractivity contribution in [2.24, 2.45) is 5.73 Å². The third kappa shape index (κ3) is 5.86. The number of nitrogens with two attached hydrogens (primary N) is 1. The Kier molecular flexibility index (Phi) is 8.18. The zero-order valence-electron chi connectivity index (χ0n) is 22.3. The average molecular weight is 578 g/mol. The van der Waals surface area contributed by atoms with Crippen molar-refractivity contribution in [1.82, 2.24) is 15.0 Å². The third-order valence-electron chi connectivity index (χ3n) is 7.02. The fourth-order valence-electron chi connectivity index (χ4n) is 5.09. The first-order valence-electron chi connectivity index (χ1n) is 13.0. The van der Waals surface area contributed by atoms with Gasteiger partial charge in [0.25, 0.3) is 0 Å². The Bertz CT molecular complexity index is 1590. The van der Waals surface area contributed by atoms with Gasteiger partial charge in [0, 0.05) is 54.4 Å². The largest absolute Gasteiger partial charge is 0.496 e. The lowest BCUT2D eigenvalue weighted by Gasteiger charge is -2.34. The Balaban J connectivity index is 0.00000337. The molecule has 2 aromatic heterocycles. The molecule has 0 bridgehead atoms. The van der Waals surface area contributed by atoms with Gasteiger partial charge in [0.15, 0.2) is 5.82 Å². The number of hydrogen-bond acceptors (Lipinski definition) is 9. The summed E-state index contributed by atoms with van der Waals surface area (Å²) >= 11 is 0. The Hall–Kier alpha value is -4.48. The van der Waals surface area contributed by atoms with Crippen LogP contribution < -0.4 is 26.0 Å². The molecule has 0 unspecified atom stereocenters. The quantitative estimate of drug-likeness (QED) is 0.272. The number of nitrogens with zero attached hydrogens (tertiary/aromatic N) is 4. The van der Waals surface area contributed by atoms with Crippen LogP contribution in [0.15, 0.2) is 60.9 Å². The normalized spacial score (nSPS) is 16.1. The number of methoxy groups -OCH3 is 1. The van der Waals surface area contributed by atoms with Crippen molar-refractivity contribution >= 4 is 41.5 Å². The topological polar surface area (TPSA) is 128 Å². The summed E-state index contributed by atoms with van der Waals surface area (Å²) < 4.78 is 25.2. The summed E-state index contributed by atoms with van der Waals surface area (Å²) in [4.78, 5) is 27.3. The Labute approximate surface area is 242 Å². The van der Waals surface area contributed by atoms with Crippen molar-refractivity contribution in [3.05, 3.63) is 72.3 Å². The molecule has 6 rings (SSSR count). The molecule has 1 amide bonds. The van der Waals surface area contributed by atoms with Crippen LogP contribution in [0.5, 0.6) is 5.75 Å². The number of ether oxygens (including phenoxy) is 2. The first kappa shape index (κ1) is 28.1. The second-order valence-electron chi connectivity index (χ2n) is 9.72. The number of rotatable bonds is 6. The number of fused-ring (bicyclic) bond motifs is 1. The number of pyridine rings is 1. The van der Waals surface area contributed by atoms with Gasteiger partial charge in [0.05, 0.1) is 18.4 Å². The number of hydrogen-bond donors (Lipinski definition) is 3. The van der Waals surface area contributed by atoms with Gasteiger partial charge in [-0.2, -0.15) is 0 Å². The number of piperidine rings is 1. The van der Waals surface area contributed by atoms with Crippen LogP contribution in [0.25, 0.3) is 22.5 Å². The molecule has 1 atom stereocenters. The highest BCUT2D eigenvalue weighted by atomic mass is 35.5. The molecule has 1 saturated heterocycles. The van der Waals surface area contributed by atoms with Crippen LogP contribution in [0, 0.1) is 5.82 Å². The maximum Gasteiger partial charge on any atom is 0.411 e. The standard InChI is InChI=1S/C29H28FN7O3.ClH/c1-39-24-6-2-5-21(30)27(24)28-32-10-9-25(36-28)35-26-13-23(37-11-3-4-19(31)15-37)20(14-33-26)17-7-8-22-18(12-17)16-40-29(38)34-22;/h2,5-10,12-14,19H,3-4,11,15-16,31H2,1H3,(H,34,38)(H,32,33,35,36);1H/t19-;/m0./s1. The van der Waals surface area contributed by atoms with E-state index in [1.807, 2.05) is 30.5 Å². The van der Waals surface area contributed by atoms with Crippen LogP contribution in [0.1, 0.15) is 18.4 Å². The monoisotopic (exact) mass is 577 g/mol. The van der Waals surface area contributed by atoms with Crippen LogP contribution in [0.4, 0.5) is 32.2 Å². The van der Waals surface area contributed by atoms with E-state index in [-0.39, 0.29) is 36.4 Å². The summed E-state index contributed by atoms with van der Waals surface area (Å²) in [6, 6.07) is 14.2. The van der Waals surface area contributed by atoms with Crippen molar-refractivity contribution in [3.63, 3.8) is 0 Å². The van der Waals surface area contributed by atoms with Gasteiger partial charge in [-0.1, -0.05) is 12.1 Å². The van der Waals surface area contributed by atoms with E-state index in [0.717, 1.165) is 47.5 Å². The predicted octanol–water partition coefficient (Wildman–Crippen LogP) is 5.51. The average Bonchev–Trinajstić information content (AvgIpc) is 2.97. The van der Waals surface area contributed by atoms with Gasteiger partial charge in [-0.25, -0.2) is 24.1 Å². The van der Waals surface area contributed by atoms with Gasteiger partial charge in [-0.3, -0.25) is 5.32 Å². The summed E-state index contributed by atoms with van der Waals surface area (Å²) in [6.07, 6.45) is 4.87. The SMILES string of the molecule is COc1cccc(F)c1-c1nccc(Nc2cc(N3CCC[C@H](N)C3)c(-c3ccc4c(c3)COC(=O)N4)cn2)n1.Cl. The summed E-state index contributed by atoms with van der Waals surface area (Å²) in [7, 11) is 1.48. The van der Waals surface area contributed by atoms with Gasteiger partial charge in [0.2, 0.25) is 0 Å². The molecule has 0 radical (unpaired) electrons. The van der Waals surface area contributed by atoms with Crippen molar-refractivity contribution in [1.29, 1.82) is 0 Å². The number of anilines is 4. The minimum atomic E-state index is -0.474. The number of aromatic nitrogens is 3. The highest BCUT2D eigenvalue weighted by molar-refractivity contribution is 5.89. The van der Waals surface area contributed by atoms with Crippen molar-refractivity contribution in [2.75, 3.05) is 35.7 Å². The van der Waals surface area contributed by atoms with E-state index in [4.69, 9.17) is 15.2 Å². The van der Waals surface area contributed by atoms with Crippen molar-refractivity contribution in [3.8, 4) is 28.3 Å². The number of cyclic esters (lactones) is 1. The fraction of sp³-hybridized carbons (Fsp3) is 0.241. The predicted molar refractivity (Wildman–Crippen MR) is 157 cm³/mol. The third-order valence-corrected chi connectivity index (χ3v) is 7.02. The summed E-state index contributed by atoms with van der Waals surface area (Å²) in [5, 5.41) is 5.97. The second-order valence-corrected chi connectivity index (χ2v) is 9.72. The van der Waals surface area contributed by atoms with Gasteiger partial charge in [-0.15, -0.1) is 12.4 Å². The summed E-state index contributed by atoms with van der Waals surface area (Å²) in [5.74, 6) is 1.09. The first-order chi connectivity index (χ1) is 19.5. The maximum atomic E-state index is 14.7. The highest BCUT2D eigenvalue weighted by Crippen LogP contribution is 2.37. The van der Waals surface area contributed by atoms with E-state index >= 15 is 0 Å². The van der Waals surface area contributed by atoms with E-state index in [1.54, 1.807) is 24.4 Å². The molecule has 10 nitrogen and oxygen atoms in total.